The van der Waals surface area contributed by atoms with Crippen LogP contribution in [0.25, 0.3) is 0 Å². The van der Waals surface area contributed by atoms with Crippen LogP contribution in [0, 0.1) is 11.7 Å². The van der Waals surface area contributed by atoms with E-state index in [2.05, 4.69) is 5.32 Å². The van der Waals surface area contributed by atoms with E-state index in [-0.39, 0.29) is 29.9 Å². The minimum Gasteiger partial charge on any atom is -0.393 e. The van der Waals surface area contributed by atoms with E-state index in [1.54, 1.807) is 6.92 Å². The van der Waals surface area contributed by atoms with Crippen LogP contribution in [0.3, 0.4) is 0 Å². The smallest absolute Gasteiger partial charge is 0.393 e. The second-order valence-electron chi connectivity index (χ2n) is 10.1. The number of amides is 1. The molecule has 8 heteroatoms. The van der Waals surface area contributed by atoms with Crippen molar-refractivity contribution >= 4 is 5.91 Å². The van der Waals surface area contributed by atoms with Gasteiger partial charge in [-0.2, -0.15) is 13.2 Å². The van der Waals surface area contributed by atoms with E-state index in [0.717, 1.165) is 69.6 Å². The van der Waals surface area contributed by atoms with Gasteiger partial charge in [-0.05, 0) is 50.8 Å². The predicted octanol–water partition coefficient (Wildman–Crippen LogP) is 5.87. The Hall–Kier alpha value is -2.09. The highest BCUT2D eigenvalue weighted by Gasteiger charge is 2.39. The molecule has 2 aliphatic carbocycles. The van der Waals surface area contributed by atoms with Crippen molar-refractivity contribution in [3.05, 3.63) is 46.4 Å². The number of aliphatic hydroxyl groups is 1. The molecule has 2 fully saturated rings. The molecular formula is C26H34F4N2O2. The zero-order chi connectivity index (χ0) is 24.5. The normalized spacial score (nSPS) is 26.8. The van der Waals surface area contributed by atoms with Crippen LogP contribution < -0.4 is 5.32 Å². The predicted molar refractivity (Wildman–Crippen MR) is 121 cm³/mol. The van der Waals surface area contributed by atoms with Crippen molar-refractivity contribution in [1.29, 1.82) is 0 Å². The summed E-state index contributed by atoms with van der Waals surface area (Å²) in [4.78, 5) is 15.0. The maximum absolute atomic E-state index is 14.9. The Labute approximate surface area is 198 Å². The number of carbonyl (C=O) groups excluding carboxylic acids is 1. The van der Waals surface area contributed by atoms with Crippen molar-refractivity contribution in [1.82, 2.24) is 10.2 Å². The average molecular weight is 483 g/mol. The first kappa shape index (κ1) is 25.0. The maximum Gasteiger partial charge on any atom is 0.416 e. The lowest BCUT2D eigenvalue weighted by molar-refractivity contribution is -0.137. The van der Waals surface area contributed by atoms with Crippen LogP contribution in [-0.4, -0.2) is 34.6 Å². The van der Waals surface area contributed by atoms with E-state index >= 15 is 0 Å². The summed E-state index contributed by atoms with van der Waals surface area (Å²) in [6, 6.07) is 1.86. The largest absolute Gasteiger partial charge is 0.416 e. The van der Waals surface area contributed by atoms with Crippen LogP contribution in [0.4, 0.5) is 17.6 Å². The lowest BCUT2D eigenvalue weighted by Gasteiger charge is -2.36. The molecule has 34 heavy (non-hydrogen) atoms. The number of nitrogens with one attached hydrogen (secondary N) is 1. The molecule has 0 aromatic heterocycles. The SMILES string of the molecule is CC1=C(C(=O)NC2CCCCC2)CC(c2cc(C(F)(F)F)ccc2F)N1C[C@@H]1CCCC[C@H]1O. The van der Waals surface area contributed by atoms with Gasteiger partial charge in [0.25, 0.3) is 0 Å². The molecule has 1 aromatic carbocycles. The van der Waals surface area contributed by atoms with Crippen LogP contribution in [0.5, 0.6) is 0 Å². The minimum atomic E-state index is -4.59. The monoisotopic (exact) mass is 482 g/mol. The number of nitrogens with zero attached hydrogens (tertiary/aromatic N) is 1. The quantitative estimate of drug-likeness (QED) is 0.517. The van der Waals surface area contributed by atoms with Crippen LogP contribution in [-0.2, 0) is 11.0 Å². The van der Waals surface area contributed by atoms with Crippen LogP contribution in [0.1, 0.15) is 88.3 Å². The molecule has 3 aliphatic rings. The Morgan fingerprint density at radius 2 is 1.76 bits per heavy atom. The number of alkyl halides is 3. The highest BCUT2D eigenvalue weighted by atomic mass is 19.4. The lowest BCUT2D eigenvalue weighted by Crippen LogP contribution is -2.37. The van der Waals surface area contributed by atoms with Gasteiger partial charge in [-0.15, -0.1) is 0 Å². The first-order chi connectivity index (χ1) is 16.1. The summed E-state index contributed by atoms with van der Waals surface area (Å²) in [6.07, 6.45) is 3.55. The number of rotatable bonds is 5. The van der Waals surface area contributed by atoms with Gasteiger partial charge < -0.3 is 15.3 Å². The molecule has 0 spiro atoms. The number of halogens is 4. The van der Waals surface area contributed by atoms with E-state index in [1.807, 2.05) is 4.90 Å². The summed E-state index contributed by atoms with van der Waals surface area (Å²) in [7, 11) is 0. The van der Waals surface area contributed by atoms with Gasteiger partial charge in [0, 0.05) is 41.8 Å². The van der Waals surface area contributed by atoms with Crippen LogP contribution >= 0.6 is 0 Å². The summed E-state index contributed by atoms with van der Waals surface area (Å²) < 4.78 is 55.1. The molecule has 1 aliphatic heterocycles. The fourth-order valence-electron chi connectivity index (χ4n) is 5.81. The van der Waals surface area contributed by atoms with E-state index in [1.165, 1.54) is 0 Å². The number of allylic oxidation sites excluding steroid dienone is 1. The molecule has 1 amide bonds. The summed E-state index contributed by atoms with van der Waals surface area (Å²) in [5.74, 6) is -0.997. The van der Waals surface area contributed by atoms with Gasteiger partial charge in [-0.3, -0.25) is 4.79 Å². The van der Waals surface area contributed by atoms with Crippen molar-refractivity contribution in [2.24, 2.45) is 5.92 Å². The first-order valence-corrected chi connectivity index (χ1v) is 12.5. The van der Waals surface area contributed by atoms with Gasteiger partial charge in [-0.1, -0.05) is 32.1 Å². The summed E-state index contributed by atoms with van der Waals surface area (Å²) in [6.45, 7) is 2.17. The van der Waals surface area contributed by atoms with Gasteiger partial charge in [0.15, 0.2) is 0 Å². The molecule has 0 bridgehead atoms. The Balaban J connectivity index is 1.64. The Bertz CT molecular complexity index is 924. The highest BCUT2D eigenvalue weighted by Crippen LogP contribution is 2.43. The molecular weight excluding hydrogens is 448 g/mol. The van der Waals surface area contributed by atoms with Crippen molar-refractivity contribution in [3.63, 3.8) is 0 Å². The molecule has 4 nitrogen and oxygen atoms in total. The van der Waals surface area contributed by atoms with E-state index in [4.69, 9.17) is 0 Å². The van der Waals surface area contributed by atoms with Crippen molar-refractivity contribution in [2.75, 3.05) is 6.54 Å². The molecule has 2 N–H and O–H groups in total. The number of benzene rings is 1. The van der Waals surface area contributed by atoms with Gasteiger partial charge in [-0.25, -0.2) is 4.39 Å². The van der Waals surface area contributed by atoms with Crippen molar-refractivity contribution in [3.8, 4) is 0 Å². The standard InChI is InChI=1S/C26H34F4N2O2/c1-16-20(25(34)31-19-8-3-2-4-9-19)14-23(32(16)15-17-7-5-6-10-24(17)33)21-13-18(26(28,29)30)11-12-22(21)27/h11-13,17,19,23-24,33H,2-10,14-15H2,1H3,(H,31,34)/t17-,23?,24+/m0/s1. The molecule has 188 valence electrons. The van der Waals surface area contributed by atoms with E-state index < -0.39 is 29.7 Å². The summed E-state index contributed by atoms with van der Waals surface area (Å²) in [5, 5.41) is 13.6. The summed E-state index contributed by atoms with van der Waals surface area (Å²) in [5.41, 5.74) is 0.199. The summed E-state index contributed by atoms with van der Waals surface area (Å²) >= 11 is 0. The Kier molecular flexibility index (Phi) is 7.55. The molecule has 0 saturated heterocycles. The second-order valence-corrected chi connectivity index (χ2v) is 10.1. The lowest BCUT2D eigenvalue weighted by atomic mass is 9.85. The zero-order valence-electron chi connectivity index (χ0n) is 19.6. The van der Waals surface area contributed by atoms with Gasteiger partial charge in [0.05, 0.1) is 17.7 Å². The highest BCUT2D eigenvalue weighted by molar-refractivity contribution is 5.95. The third-order valence-corrected chi connectivity index (χ3v) is 7.84. The first-order valence-electron chi connectivity index (χ1n) is 12.5. The van der Waals surface area contributed by atoms with Gasteiger partial charge in [0.2, 0.25) is 5.91 Å². The molecule has 2 saturated carbocycles. The number of hydrogen-bond acceptors (Lipinski definition) is 3. The Morgan fingerprint density at radius 1 is 1.09 bits per heavy atom. The molecule has 4 rings (SSSR count). The number of carbonyl (C=O) groups is 1. The average Bonchev–Trinajstić information content (AvgIpc) is 3.11. The van der Waals surface area contributed by atoms with Crippen molar-refractivity contribution < 1.29 is 27.5 Å². The zero-order valence-corrected chi connectivity index (χ0v) is 19.6. The van der Waals surface area contributed by atoms with Gasteiger partial charge in [0.1, 0.15) is 5.82 Å². The minimum absolute atomic E-state index is 0.0556. The third kappa shape index (κ3) is 5.42. The molecule has 0 radical (unpaired) electrons. The molecule has 1 heterocycles. The van der Waals surface area contributed by atoms with Crippen LogP contribution in [0.15, 0.2) is 29.5 Å². The Morgan fingerprint density at radius 3 is 2.44 bits per heavy atom. The van der Waals surface area contributed by atoms with Crippen molar-refractivity contribution in [2.45, 2.75) is 95.5 Å². The molecule has 1 unspecified atom stereocenters. The molecule has 1 aromatic rings. The maximum atomic E-state index is 14.9. The number of hydrogen-bond donors (Lipinski definition) is 2. The topological polar surface area (TPSA) is 52.6 Å². The molecule has 3 atom stereocenters. The second kappa shape index (κ2) is 10.3. The van der Waals surface area contributed by atoms with E-state index in [9.17, 15) is 27.5 Å². The van der Waals surface area contributed by atoms with Gasteiger partial charge >= 0.3 is 6.18 Å². The third-order valence-electron chi connectivity index (χ3n) is 7.84. The van der Waals surface area contributed by atoms with Crippen LogP contribution in [0.2, 0.25) is 0 Å². The fraction of sp³-hybridized carbons (Fsp3) is 0.654. The fourth-order valence-corrected chi connectivity index (χ4v) is 5.81. The number of aliphatic hydroxyl groups excluding tert-OH is 1. The van der Waals surface area contributed by atoms with E-state index in [0.29, 0.717) is 24.2 Å².